The maximum atomic E-state index is 11.2. The van der Waals surface area contributed by atoms with Crippen LogP contribution in [-0.4, -0.2) is 41.5 Å². The standard InChI is InChI=1S/C6H10N4OS2/c1-10(2)5(11)7-4-8-9-6(12-3)13-4/h1-3H3,(H,7,8,11). The fourth-order valence-electron chi connectivity index (χ4n) is 0.546. The lowest BCUT2D eigenvalue weighted by atomic mass is 10.8. The molecule has 0 aliphatic carbocycles. The van der Waals surface area contributed by atoms with Gasteiger partial charge in [0, 0.05) is 14.1 Å². The molecule has 0 aliphatic rings. The molecule has 1 aromatic heterocycles. The molecule has 1 aromatic rings. The van der Waals surface area contributed by atoms with Gasteiger partial charge in [-0.1, -0.05) is 23.1 Å². The van der Waals surface area contributed by atoms with Crippen LogP contribution in [0.1, 0.15) is 0 Å². The molecule has 72 valence electrons. The highest BCUT2D eigenvalue weighted by Gasteiger charge is 2.08. The minimum absolute atomic E-state index is 0.191. The van der Waals surface area contributed by atoms with Gasteiger partial charge in [-0.05, 0) is 6.26 Å². The third-order valence-corrected chi connectivity index (χ3v) is 3.02. The minimum Gasteiger partial charge on any atom is -0.331 e. The van der Waals surface area contributed by atoms with Crippen LogP contribution >= 0.6 is 23.1 Å². The van der Waals surface area contributed by atoms with Gasteiger partial charge in [0.05, 0.1) is 0 Å². The number of hydrogen-bond acceptors (Lipinski definition) is 5. The number of amides is 2. The normalized spacial score (nSPS) is 9.77. The minimum atomic E-state index is -0.191. The highest BCUT2D eigenvalue weighted by atomic mass is 32.2. The molecule has 5 nitrogen and oxygen atoms in total. The predicted octanol–water partition coefficient (Wildman–Crippen LogP) is 1.35. The van der Waals surface area contributed by atoms with Crippen molar-refractivity contribution in [1.82, 2.24) is 15.1 Å². The largest absolute Gasteiger partial charge is 0.331 e. The van der Waals surface area contributed by atoms with Crippen LogP contribution in [-0.2, 0) is 0 Å². The molecule has 13 heavy (non-hydrogen) atoms. The molecule has 1 N–H and O–H groups in total. The van der Waals surface area contributed by atoms with E-state index in [1.54, 1.807) is 14.1 Å². The Labute approximate surface area is 84.5 Å². The van der Waals surface area contributed by atoms with Crippen molar-refractivity contribution in [2.45, 2.75) is 4.34 Å². The molecule has 0 atom stereocenters. The van der Waals surface area contributed by atoms with E-state index in [0.717, 1.165) is 4.34 Å². The van der Waals surface area contributed by atoms with E-state index in [2.05, 4.69) is 15.5 Å². The van der Waals surface area contributed by atoms with Crippen LogP contribution in [0.15, 0.2) is 4.34 Å². The van der Waals surface area contributed by atoms with Crippen LogP contribution in [0, 0.1) is 0 Å². The number of carbonyl (C=O) groups is 1. The molecule has 0 unspecified atom stereocenters. The highest BCUT2D eigenvalue weighted by Crippen LogP contribution is 2.22. The van der Waals surface area contributed by atoms with Crippen molar-refractivity contribution < 1.29 is 4.79 Å². The van der Waals surface area contributed by atoms with Crippen LogP contribution in [0.4, 0.5) is 9.93 Å². The number of rotatable bonds is 2. The number of thioether (sulfide) groups is 1. The Balaban J connectivity index is 2.59. The van der Waals surface area contributed by atoms with Crippen molar-refractivity contribution in [2.24, 2.45) is 0 Å². The van der Waals surface area contributed by atoms with Crippen molar-refractivity contribution >= 4 is 34.3 Å². The van der Waals surface area contributed by atoms with Crippen molar-refractivity contribution in [3.8, 4) is 0 Å². The fourth-order valence-corrected chi connectivity index (χ4v) is 1.71. The number of anilines is 1. The van der Waals surface area contributed by atoms with Gasteiger partial charge in [0.2, 0.25) is 5.13 Å². The molecule has 1 heterocycles. The molecule has 2 amide bonds. The van der Waals surface area contributed by atoms with E-state index in [9.17, 15) is 4.79 Å². The number of nitrogens with one attached hydrogen (secondary N) is 1. The van der Waals surface area contributed by atoms with Gasteiger partial charge in [0.15, 0.2) is 4.34 Å². The second-order valence-corrected chi connectivity index (χ2v) is 4.43. The van der Waals surface area contributed by atoms with Crippen LogP contribution < -0.4 is 5.32 Å². The van der Waals surface area contributed by atoms with E-state index in [1.807, 2.05) is 6.26 Å². The molecule has 0 saturated heterocycles. The van der Waals surface area contributed by atoms with Gasteiger partial charge in [-0.15, -0.1) is 10.2 Å². The molecule has 0 aromatic carbocycles. The van der Waals surface area contributed by atoms with Crippen molar-refractivity contribution in [1.29, 1.82) is 0 Å². The average Bonchev–Trinajstić information content (AvgIpc) is 2.52. The number of hydrogen-bond donors (Lipinski definition) is 1. The number of aromatic nitrogens is 2. The Hall–Kier alpha value is -0.820. The topological polar surface area (TPSA) is 58.1 Å². The lowest BCUT2D eigenvalue weighted by Crippen LogP contribution is -2.27. The van der Waals surface area contributed by atoms with E-state index >= 15 is 0 Å². The van der Waals surface area contributed by atoms with Gasteiger partial charge in [0.1, 0.15) is 0 Å². The van der Waals surface area contributed by atoms with Crippen molar-refractivity contribution in [3.05, 3.63) is 0 Å². The lowest BCUT2D eigenvalue weighted by Gasteiger charge is -2.08. The molecule has 7 heteroatoms. The Morgan fingerprint density at radius 3 is 2.69 bits per heavy atom. The summed E-state index contributed by atoms with van der Waals surface area (Å²) in [7, 11) is 3.34. The van der Waals surface area contributed by atoms with Crippen LogP contribution in [0.3, 0.4) is 0 Å². The summed E-state index contributed by atoms with van der Waals surface area (Å²) < 4.78 is 0.842. The molecule has 0 bridgehead atoms. The molecule has 0 radical (unpaired) electrons. The molecule has 1 rings (SSSR count). The van der Waals surface area contributed by atoms with Crippen LogP contribution in [0.5, 0.6) is 0 Å². The van der Waals surface area contributed by atoms with E-state index < -0.39 is 0 Å². The number of carbonyl (C=O) groups excluding carboxylic acids is 1. The molecule has 0 saturated carbocycles. The van der Waals surface area contributed by atoms with E-state index in [4.69, 9.17) is 0 Å². The summed E-state index contributed by atoms with van der Waals surface area (Å²) in [4.78, 5) is 12.6. The van der Waals surface area contributed by atoms with Crippen molar-refractivity contribution in [3.63, 3.8) is 0 Å². The van der Waals surface area contributed by atoms with Crippen LogP contribution in [0.25, 0.3) is 0 Å². The zero-order chi connectivity index (χ0) is 9.84. The third-order valence-electron chi connectivity index (χ3n) is 1.20. The highest BCUT2D eigenvalue weighted by molar-refractivity contribution is 8.00. The van der Waals surface area contributed by atoms with Gasteiger partial charge >= 0.3 is 6.03 Å². The van der Waals surface area contributed by atoms with Crippen molar-refractivity contribution in [2.75, 3.05) is 25.7 Å². The quantitative estimate of drug-likeness (QED) is 0.601. The first-order chi connectivity index (χ1) is 6.13. The van der Waals surface area contributed by atoms with E-state index in [0.29, 0.717) is 5.13 Å². The average molecular weight is 218 g/mol. The number of nitrogens with zero attached hydrogens (tertiary/aromatic N) is 3. The summed E-state index contributed by atoms with van der Waals surface area (Å²) in [5.74, 6) is 0. The Kier molecular flexibility index (Phi) is 3.49. The van der Waals surface area contributed by atoms with Gasteiger partial charge in [-0.2, -0.15) is 0 Å². The summed E-state index contributed by atoms with van der Waals surface area (Å²) in [5, 5.41) is 10.8. The summed E-state index contributed by atoms with van der Waals surface area (Å²) in [6, 6.07) is -0.191. The first-order valence-corrected chi connectivity index (χ1v) is 5.53. The second kappa shape index (κ2) is 4.43. The van der Waals surface area contributed by atoms with E-state index in [-0.39, 0.29) is 6.03 Å². The smallest absolute Gasteiger partial charge is 0.323 e. The Morgan fingerprint density at radius 1 is 1.54 bits per heavy atom. The predicted molar refractivity (Wildman–Crippen MR) is 54.4 cm³/mol. The van der Waals surface area contributed by atoms with Crippen LogP contribution in [0.2, 0.25) is 0 Å². The monoisotopic (exact) mass is 218 g/mol. The van der Waals surface area contributed by atoms with Gasteiger partial charge in [-0.3, -0.25) is 5.32 Å². The second-order valence-electron chi connectivity index (χ2n) is 2.40. The Morgan fingerprint density at radius 2 is 2.23 bits per heavy atom. The van der Waals surface area contributed by atoms with E-state index in [1.165, 1.54) is 28.0 Å². The van der Waals surface area contributed by atoms with Gasteiger partial charge < -0.3 is 4.90 Å². The first kappa shape index (κ1) is 10.3. The number of urea groups is 1. The summed E-state index contributed by atoms with van der Waals surface area (Å²) >= 11 is 2.87. The molecule has 0 fully saturated rings. The lowest BCUT2D eigenvalue weighted by molar-refractivity contribution is 0.230. The first-order valence-electron chi connectivity index (χ1n) is 3.49. The summed E-state index contributed by atoms with van der Waals surface area (Å²) in [5.41, 5.74) is 0. The summed E-state index contributed by atoms with van der Waals surface area (Å²) in [6.07, 6.45) is 1.91. The fraction of sp³-hybridized carbons (Fsp3) is 0.500. The molecular formula is C6H10N4OS2. The third kappa shape index (κ3) is 2.85. The molecule has 0 spiro atoms. The molecule has 0 aliphatic heterocycles. The zero-order valence-electron chi connectivity index (χ0n) is 7.57. The zero-order valence-corrected chi connectivity index (χ0v) is 9.20. The Bertz CT molecular complexity index is 299. The summed E-state index contributed by atoms with van der Waals surface area (Å²) in [6.45, 7) is 0. The maximum absolute atomic E-state index is 11.2. The molecular weight excluding hydrogens is 208 g/mol. The van der Waals surface area contributed by atoms with Gasteiger partial charge in [0.25, 0.3) is 0 Å². The SMILES string of the molecule is CSc1nnc(NC(=O)N(C)C)s1. The maximum Gasteiger partial charge on any atom is 0.323 e. The van der Waals surface area contributed by atoms with Gasteiger partial charge in [-0.25, -0.2) is 4.79 Å².